The number of aryl methyl sites for hydroxylation is 1. The SMILES string of the molecule is COc1ccc(CNC(=O)N2CCN(Cc3cc(C)on3)CC2)cc1OC. The largest absolute Gasteiger partial charge is 0.493 e. The number of benzene rings is 1. The number of nitrogens with zero attached hydrogens (tertiary/aromatic N) is 3. The Balaban J connectivity index is 1.45. The predicted molar refractivity (Wildman–Crippen MR) is 99.9 cm³/mol. The van der Waals surface area contributed by atoms with E-state index in [0.717, 1.165) is 36.7 Å². The van der Waals surface area contributed by atoms with E-state index in [2.05, 4.69) is 15.4 Å². The van der Waals surface area contributed by atoms with E-state index in [-0.39, 0.29) is 6.03 Å². The van der Waals surface area contributed by atoms with Crippen LogP contribution in [0.2, 0.25) is 0 Å². The van der Waals surface area contributed by atoms with Gasteiger partial charge in [-0.2, -0.15) is 0 Å². The van der Waals surface area contributed by atoms with Gasteiger partial charge in [-0.1, -0.05) is 11.2 Å². The van der Waals surface area contributed by atoms with Crippen molar-refractivity contribution >= 4 is 6.03 Å². The second kappa shape index (κ2) is 8.77. The van der Waals surface area contributed by atoms with Gasteiger partial charge < -0.3 is 24.2 Å². The molecule has 1 aromatic heterocycles. The Morgan fingerprint density at radius 1 is 1.15 bits per heavy atom. The topological polar surface area (TPSA) is 80.1 Å². The molecule has 1 saturated heterocycles. The normalized spacial score (nSPS) is 14.9. The van der Waals surface area contributed by atoms with E-state index in [1.807, 2.05) is 36.1 Å². The molecule has 0 unspecified atom stereocenters. The van der Waals surface area contributed by atoms with E-state index >= 15 is 0 Å². The Morgan fingerprint density at radius 2 is 1.89 bits per heavy atom. The molecular formula is C19H26N4O4. The average molecular weight is 374 g/mol. The fourth-order valence-electron chi connectivity index (χ4n) is 3.11. The van der Waals surface area contributed by atoms with Crippen LogP contribution in [-0.2, 0) is 13.1 Å². The number of aromatic nitrogens is 1. The van der Waals surface area contributed by atoms with E-state index in [1.165, 1.54) is 0 Å². The quantitative estimate of drug-likeness (QED) is 0.833. The molecule has 0 radical (unpaired) electrons. The van der Waals surface area contributed by atoms with Gasteiger partial charge in [0.05, 0.1) is 19.9 Å². The van der Waals surface area contributed by atoms with Gasteiger partial charge in [0.15, 0.2) is 11.5 Å². The second-order valence-electron chi connectivity index (χ2n) is 6.54. The van der Waals surface area contributed by atoms with Crippen molar-refractivity contribution in [3.63, 3.8) is 0 Å². The first-order chi connectivity index (χ1) is 13.1. The van der Waals surface area contributed by atoms with Gasteiger partial charge in [0, 0.05) is 45.3 Å². The molecule has 0 aliphatic carbocycles. The molecule has 1 N–H and O–H groups in total. The van der Waals surface area contributed by atoms with Gasteiger partial charge in [-0.15, -0.1) is 0 Å². The molecule has 146 valence electrons. The number of methoxy groups -OCH3 is 2. The number of piperazine rings is 1. The van der Waals surface area contributed by atoms with Gasteiger partial charge >= 0.3 is 6.03 Å². The Labute approximate surface area is 159 Å². The number of hydrogen-bond donors (Lipinski definition) is 1. The molecule has 1 aromatic carbocycles. The molecule has 0 atom stereocenters. The summed E-state index contributed by atoms with van der Waals surface area (Å²) in [5, 5.41) is 6.99. The molecule has 2 aromatic rings. The summed E-state index contributed by atoms with van der Waals surface area (Å²) >= 11 is 0. The fraction of sp³-hybridized carbons (Fsp3) is 0.474. The summed E-state index contributed by atoms with van der Waals surface area (Å²) in [5.41, 5.74) is 1.89. The van der Waals surface area contributed by atoms with Crippen LogP contribution in [0.3, 0.4) is 0 Å². The number of nitrogens with one attached hydrogen (secondary N) is 1. The molecule has 27 heavy (non-hydrogen) atoms. The average Bonchev–Trinajstić information content (AvgIpc) is 3.11. The standard InChI is InChI=1S/C19H26N4O4/c1-14-10-16(21-27-14)13-22-6-8-23(9-7-22)19(24)20-12-15-4-5-17(25-2)18(11-15)26-3/h4-5,10-11H,6-9,12-13H2,1-3H3,(H,20,24). The summed E-state index contributed by atoms with van der Waals surface area (Å²) < 4.78 is 15.6. The van der Waals surface area contributed by atoms with Crippen molar-refractivity contribution in [2.24, 2.45) is 0 Å². The first-order valence-corrected chi connectivity index (χ1v) is 8.97. The van der Waals surface area contributed by atoms with Gasteiger partial charge in [0.25, 0.3) is 0 Å². The molecule has 1 aliphatic heterocycles. The maximum atomic E-state index is 12.4. The van der Waals surface area contributed by atoms with E-state index in [4.69, 9.17) is 14.0 Å². The fourth-order valence-corrected chi connectivity index (χ4v) is 3.11. The Bertz CT molecular complexity index is 769. The van der Waals surface area contributed by atoms with Crippen LogP contribution in [-0.4, -0.2) is 61.4 Å². The summed E-state index contributed by atoms with van der Waals surface area (Å²) in [5.74, 6) is 2.14. The lowest BCUT2D eigenvalue weighted by molar-refractivity contribution is 0.133. The van der Waals surface area contributed by atoms with Crippen LogP contribution >= 0.6 is 0 Å². The van der Waals surface area contributed by atoms with E-state index < -0.39 is 0 Å². The summed E-state index contributed by atoms with van der Waals surface area (Å²) in [6.07, 6.45) is 0. The summed E-state index contributed by atoms with van der Waals surface area (Å²) in [6.45, 7) is 6.09. The molecule has 8 heteroatoms. The lowest BCUT2D eigenvalue weighted by atomic mass is 10.2. The van der Waals surface area contributed by atoms with Crippen molar-refractivity contribution in [1.29, 1.82) is 0 Å². The van der Waals surface area contributed by atoms with Crippen molar-refractivity contribution in [2.75, 3.05) is 40.4 Å². The maximum Gasteiger partial charge on any atom is 0.317 e. The van der Waals surface area contributed by atoms with Crippen molar-refractivity contribution in [3.05, 3.63) is 41.3 Å². The highest BCUT2D eigenvalue weighted by atomic mass is 16.5. The molecule has 1 aliphatic rings. The van der Waals surface area contributed by atoms with Crippen LogP contribution in [0.4, 0.5) is 4.79 Å². The highest BCUT2D eigenvalue weighted by Gasteiger charge is 2.21. The van der Waals surface area contributed by atoms with Crippen LogP contribution in [0.5, 0.6) is 11.5 Å². The molecule has 2 heterocycles. The van der Waals surface area contributed by atoms with Crippen molar-refractivity contribution < 1.29 is 18.8 Å². The Kier molecular flexibility index (Phi) is 6.18. The van der Waals surface area contributed by atoms with Crippen molar-refractivity contribution in [3.8, 4) is 11.5 Å². The van der Waals surface area contributed by atoms with Gasteiger partial charge in [-0.3, -0.25) is 4.90 Å². The lowest BCUT2D eigenvalue weighted by Gasteiger charge is -2.34. The van der Waals surface area contributed by atoms with E-state index in [0.29, 0.717) is 31.1 Å². The zero-order valence-corrected chi connectivity index (χ0v) is 16.0. The zero-order chi connectivity index (χ0) is 19.2. The summed E-state index contributed by atoms with van der Waals surface area (Å²) in [6, 6.07) is 7.52. The molecule has 0 bridgehead atoms. The first kappa shape index (κ1) is 19.0. The highest BCUT2D eigenvalue weighted by Crippen LogP contribution is 2.27. The monoisotopic (exact) mass is 374 g/mol. The minimum absolute atomic E-state index is 0.0540. The maximum absolute atomic E-state index is 12.4. The van der Waals surface area contributed by atoms with Crippen LogP contribution in [0.1, 0.15) is 17.0 Å². The van der Waals surface area contributed by atoms with E-state index in [9.17, 15) is 4.79 Å². The van der Waals surface area contributed by atoms with Crippen LogP contribution < -0.4 is 14.8 Å². The summed E-state index contributed by atoms with van der Waals surface area (Å²) in [7, 11) is 3.20. The summed E-state index contributed by atoms with van der Waals surface area (Å²) in [4.78, 5) is 16.5. The number of amides is 2. The van der Waals surface area contributed by atoms with Crippen molar-refractivity contribution in [1.82, 2.24) is 20.3 Å². The Morgan fingerprint density at radius 3 is 2.52 bits per heavy atom. The van der Waals surface area contributed by atoms with Gasteiger partial charge in [0.1, 0.15) is 5.76 Å². The lowest BCUT2D eigenvalue weighted by Crippen LogP contribution is -2.51. The molecule has 2 amide bonds. The third kappa shape index (κ3) is 4.91. The molecule has 0 saturated carbocycles. The molecule has 0 spiro atoms. The number of carbonyl (C=O) groups excluding carboxylic acids is 1. The molecular weight excluding hydrogens is 348 g/mol. The number of rotatable bonds is 6. The number of hydrogen-bond acceptors (Lipinski definition) is 6. The van der Waals surface area contributed by atoms with Gasteiger partial charge in [-0.05, 0) is 24.6 Å². The van der Waals surface area contributed by atoms with Gasteiger partial charge in [0.2, 0.25) is 0 Å². The third-order valence-corrected chi connectivity index (χ3v) is 4.61. The minimum Gasteiger partial charge on any atom is -0.493 e. The van der Waals surface area contributed by atoms with Crippen LogP contribution in [0.25, 0.3) is 0 Å². The van der Waals surface area contributed by atoms with Crippen LogP contribution in [0.15, 0.2) is 28.8 Å². The van der Waals surface area contributed by atoms with Crippen molar-refractivity contribution in [2.45, 2.75) is 20.0 Å². The number of ether oxygens (including phenoxy) is 2. The third-order valence-electron chi connectivity index (χ3n) is 4.61. The van der Waals surface area contributed by atoms with Gasteiger partial charge in [-0.25, -0.2) is 4.79 Å². The molecule has 8 nitrogen and oxygen atoms in total. The predicted octanol–water partition coefficient (Wildman–Crippen LogP) is 2.03. The number of carbonyl (C=O) groups is 1. The van der Waals surface area contributed by atoms with E-state index in [1.54, 1.807) is 14.2 Å². The highest BCUT2D eigenvalue weighted by molar-refractivity contribution is 5.74. The zero-order valence-electron chi connectivity index (χ0n) is 16.0. The minimum atomic E-state index is -0.0540. The second-order valence-corrected chi connectivity index (χ2v) is 6.54. The molecule has 3 rings (SSSR count). The smallest absolute Gasteiger partial charge is 0.317 e. The first-order valence-electron chi connectivity index (χ1n) is 8.97. The number of urea groups is 1. The Hall–Kier alpha value is -2.74. The molecule has 1 fully saturated rings. The van der Waals surface area contributed by atoms with Crippen LogP contribution in [0, 0.1) is 6.92 Å².